The van der Waals surface area contributed by atoms with Crippen molar-refractivity contribution in [2.75, 3.05) is 0 Å². The highest BCUT2D eigenvalue weighted by atomic mass is 19.1. The molecule has 27 heavy (non-hydrogen) atoms. The summed E-state index contributed by atoms with van der Waals surface area (Å²) in [7, 11) is 0. The molecule has 1 aliphatic rings. The van der Waals surface area contributed by atoms with Crippen molar-refractivity contribution in [1.29, 1.82) is 0 Å². The van der Waals surface area contributed by atoms with Gasteiger partial charge in [0.25, 0.3) is 5.91 Å². The molecule has 0 atom stereocenters. The normalized spacial score (nSPS) is 13.6. The van der Waals surface area contributed by atoms with Crippen molar-refractivity contribution in [3.63, 3.8) is 0 Å². The van der Waals surface area contributed by atoms with Crippen LogP contribution in [0.5, 0.6) is 0 Å². The van der Waals surface area contributed by atoms with E-state index >= 15 is 0 Å². The molecule has 4 rings (SSSR count). The number of carbonyl (C=O) groups excluding carboxylic acids is 1. The van der Waals surface area contributed by atoms with Crippen molar-refractivity contribution >= 4 is 5.91 Å². The fourth-order valence-electron chi connectivity index (χ4n) is 2.92. The third kappa shape index (κ3) is 3.72. The fourth-order valence-corrected chi connectivity index (χ4v) is 2.92. The van der Waals surface area contributed by atoms with Gasteiger partial charge in [-0.05, 0) is 38.0 Å². The summed E-state index contributed by atoms with van der Waals surface area (Å²) in [5.74, 6) is -1.60. The van der Waals surface area contributed by atoms with Crippen LogP contribution in [0.15, 0.2) is 48.7 Å². The van der Waals surface area contributed by atoms with Crippen LogP contribution in [0.2, 0.25) is 0 Å². The molecule has 7 heteroatoms. The molecule has 1 heterocycles. The van der Waals surface area contributed by atoms with Crippen LogP contribution in [-0.4, -0.2) is 31.8 Å². The molecule has 1 fully saturated rings. The van der Waals surface area contributed by atoms with Gasteiger partial charge in [0.2, 0.25) is 0 Å². The Hall–Kier alpha value is -3.09. The minimum absolute atomic E-state index is 0.0477. The van der Waals surface area contributed by atoms with E-state index in [2.05, 4.69) is 10.3 Å². The SMILES string of the molecule is Cc1ccc(-n2cc(C(=O)N(Cc3ccc(F)cc3F)C3CC3)nn2)cc1. The molecule has 0 bridgehead atoms. The van der Waals surface area contributed by atoms with Crippen LogP contribution in [0.4, 0.5) is 8.78 Å². The lowest BCUT2D eigenvalue weighted by Crippen LogP contribution is -2.33. The van der Waals surface area contributed by atoms with Crippen molar-refractivity contribution in [2.24, 2.45) is 0 Å². The summed E-state index contributed by atoms with van der Waals surface area (Å²) in [4.78, 5) is 14.5. The van der Waals surface area contributed by atoms with Crippen LogP contribution in [0.3, 0.4) is 0 Å². The number of halogens is 2. The zero-order valence-electron chi connectivity index (χ0n) is 14.8. The smallest absolute Gasteiger partial charge is 0.276 e. The van der Waals surface area contributed by atoms with Crippen LogP contribution in [0.25, 0.3) is 5.69 Å². The summed E-state index contributed by atoms with van der Waals surface area (Å²) in [6.07, 6.45) is 3.30. The van der Waals surface area contributed by atoms with Gasteiger partial charge in [-0.25, -0.2) is 13.5 Å². The van der Waals surface area contributed by atoms with Gasteiger partial charge < -0.3 is 4.90 Å². The number of aryl methyl sites for hydroxylation is 1. The number of benzene rings is 2. The van der Waals surface area contributed by atoms with Gasteiger partial charge in [-0.2, -0.15) is 0 Å². The van der Waals surface area contributed by atoms with Crippen LogP contribution < -0.4 is 0 Å². The lowest BCUT2D eigenvalue weighted by Gasteiger charge is -2.21. The van der Waals surface area contributed by atoms with E-state index in [0.717, 1.165) is 30.2 Å². The van der Waals surface area contributed by atoms with Crippen LogP contribution >= 0.6 is 0 Å². The van der Waals surface area contributed by atoms with E-state index in [4.69, 9.17) is 0 Å². The molecule has 2 aromatic carbocycles. The van der Waals surface area contributed by atoms with E-state index in [0.29, 0.717) is 0 Å². The molecule has 1 aliphatic carbocycles. The van der Waals surface area contributed by atoms with Crippen LogP contribution in [0.1, 0.15) is 34.5 Å². The molecular formula is C20H18F2N4O. The summed E-state index contributed by atoms with van der Waals surface area (Å²) >= 11 is 0. The van der Waals surface area contributed by atoms with Gasteiger partial charge in [-0.3, -0.25) is 4.79 Å². The first-order chi connectivity index (χ1) is 13.0. The van der Waals surface area contributed by atoms with E-state index in [1.807, 2.05) is 31.2 Å². The molecule has 138 valence electrons. The zero-order valence-corrected chi connectivity index (χ0v) is 14.8. The van der Waals surface area contributed by atoms with Crippen LogP contribution in [0, 0.1) is 18.6 Å². The second-order valence-corrected chi connectivity index (χ2v) is 6.78. The van der Waals surface area contributed by atoms with Gasteiger partial charge in [0, 0.05) is 24.2 Å². The number of amides is 1. The van der Waals surface area contributed by atoms with Gasteiger partial charge >= 0.3 is 0 Å². The largest absolute Gasteiger partial charge is 0.330 e. The quantitative estimate of drug-likeness (QED) is 0.691. The predicted octanol–water partition coefficient (Wildman–Crippen LogP) is 3.66. The van der Waals surface area contributed by atoms with Crippen molar-refractivity contribution in [3.8, 4) is 5.69 Å². The van der Waals surface area contributed by atoms with E-state index in [1.165, 1.54) is 16.8 Å². The zero-order chi connectivity index (χ0) is 19.0. The first-order valence-corrected chi connectivity index (χ1v) is 8.75. The highest BCUT2D eigenvalue weighted by molar-refractivity contribution is 5.92. The third-order valence-electron chi connectivity index (χ3n) is 4.62. The van der Waals surface area contributed by atoms with Crippen molar-refractivity contribution in [1.82, 2.24) is 19.9 Å². The molecule has 1 amide bonds. The topological polar surface area (TPSA) is 51.0 Å². The van der Waals surface area contributed by atoms with E-state index in [9.17, 15) is 13.6 Å². The Kier molecular flexibility index (Phi) is 4.43. The number of rotatable bonds is 5. The fraction of sp³-hybridized carbons (Fsp3) is 0.250. The van der Waals surface area contributed by atoms with Crippen LogP contribution in [-0.2, 0) is 6.54 Å². The minimum atomic E-state index is -0.656. The minimum Gasteiger partial charge on any atom is -0.330 e. The molecule has 5 nitrogen and oxygen atoms in total. The molecule has 0 unspecified atom stereocenters. The van der Waals surface area contributed by atoms with Gasteiger partial charge in [0.05, 0.1) is 11.9 Å². The number of carbonyl (C=O) groups is 1. The van der Waals surface area contributed by atoms with E-state index in [-0.39, 0.29) is 29.8 Å². The molecule has 0 radical (unpaired) electrons. The lowest BCUT2D eigenvalue weighted by atomic mass is 10.2. The third-order valence-corrected chi connectivity index (χ3v) is 4.62. The Labute approximate surface area is 155 Å². The van der Waals surface area contributed by atoms with Gasteiger partial charge in [-0.15, -0.1) is 5.10 Å². The first-order valence-electron chi connectivity index (χ1n) is 8.75. The first kappa shape index (κ1) is 17.3. The molecule has 0 spiro atoms. The summed E-state index contributed by atoms with van der Waals surface area (Å²) in [6, 6.07) is 11.1. The Morgan fingerprint density at radius 1 is 1.19 bits per heavy atom. The molecular weight excluding hydrogens is 350 g/mol. The molecule has 0 N–H and O–H groups in total. The van der Waals surface area contributed by atoms with Crippen molar-refractivity contribution in [2.45, 2.75) is 32.4 Å². The summed E-state index contributed by atoms with van der Waals surface area (Å²) < 4.78 is 28.7. The van der Waals surface area contributed by atoms with E-state index < -0.39 is 11.6 Å². The number of hydrogen-bond donors (Lipinski definition) is 0. The Morgan fingerprint density at radius 3 is 2.59 bits per heavy atom. The average molecular weight is 368 g/mol. The van der Waals surface area contributed by atoms with Crippen molar-refractivity contribution in [3.05, 3.63) is 77.1 Å². The highest BCUT2D eigenvalue weighted by Crippen LogP contribution is 2.30. The molecule has 0 aliphatic heterocycles. The number of hydrogen-bond acceptors (Lipinski definition) is 3. The maximum absolute atomic E-state index is 14.0. The Morgan fingerprint density at radius 2 is 1.93 bits per heavy atom. The second-order valence-electron chi connectivity index (χ2n) is 6.78. The number of nitrogens with zero attached hydrogens (tertiary/aromatic N) is 4. The van der Waals surface area contributed by atoms with Gasteiger partial charge in [0.1, 0.15) is 11.6 Å². The molecule has 1 aromatic heterocycles. The monoisotopic (exact) mass is 368 g/mol. The standard InChI is InChI=1S/C20H18F2N4O/c1-13-2-6-17(7-3-13)26-12-19(23-24-26)20(27)25(16-8-9-16)11-14-4-5-15(21)10-18(14)22/h2-7,10,12,16H,8-9,11H2,1H3. The van der Waals surface area contributed by atoms with Gasteiger partial charge in [0.15, 0.2) is 5.69 Å². The average Bonchev–Trinajstić information content (AvgIpc) is 3.37. The maximum atomic E-state index is 14.0. The molecule has 0 saturated heterocycles. The predicted molar refractivity (Wildman–Crippen MR) is 95.3 cm³/mol. The summed E-state index contributed by atoms with van der Waals surface area (Å²) in [6.45, 7) is 2.06. The lowest BCUT2D eigenvalue weighted by molar-refractivity contribution is 0.0722. The summed E-state index contributed by atoms with van der Waals surface area (Å²) in [5.41, 5.74) is 2.40. The highest BCUT2D eigenvalue weighted by Gasteiger charge is 2.34. The summed E-state index contributed by atoms with van der Waals surface area (Å²) in [5, 5.41) is 8.02. The Balaban J connectivity index is 1.57. The maximum Gasteiger partial charge on any atom is 0.276 e. The second kappa shape index (κ2) is 6.90. The Bertz CT molecular complexity index is 980. The van der Waals surface area contributed by atoms with Crippen molar-refractivity contribution < 1.29 is 13.6 Å². The number of aromatic nitrogens is 3. The van der Waals surface area contributed by atoms with E-state index in [1.54, 1.807) is 11.1 Å². The molecule has 3 aromatic rings. The van der Waals surface area contributed by atoms with Gasteiger partial charge in [-0.1, -0.05) is 29.0 Å². The molecule has 1 saturated carbocycles.